The van der Waals surface area contributed by atoms with Crippen molar-refractivity contribution in [2.75, 3.05) is 25.0 Å². The number of anilines is 1. The third kappa shape index (κ3) is 4.30. The summed E-state index contributed by atoms with van der Waals surface area (Å²) in [5.74, 6) is -0.305. The van der Waals surface area contributed by atoms with Crippen LogP contribution in [-0.4, -0.2) is 29.6 Å². The molecule has 1 heterocycles. The van der Waals surface area contributed by atoms with Gasteiger partial charge in [0.25, 0.3) is 0 Å². The van der Waals surface area contributed by atoms with E-state index in [0.29, 0.717) is 17.3 Å². The summed E-state index contributed by atoms with van der Waals surface area (Å²) < 4.78 is 13.7. The molecule has 24 heavy (non-hydrogen) atoms. The molecule has 3 rings (SSSR count). The van der Waals surface area contributed by atoms with Gasteiger partial charge in [0.2, 0.25) is 0 Å². The average molecular weight is 343 g/mol. The fourth-order valence-corrected chi connectivity index (χ4v) is 3.30. The second-order valence-corrected chi connectivity index (χ2v) is 6.39. The van der Waals surface area contributed by atoms with Crippen molar-refractivity contribution < 1.29 is 4.39 Å². The van der Waals surface area contributed by atoms with Gasteiger partial charge in [-0.3, -0.25) is 4.90 Å². The van der Waals surface area contributed by atoms with E-state index >= 15 is 0 Å². The van der Waals surface area contributed by atoms with E-state index in [1.54, 1.807) is 18.2 Å². The Morgan fingerprint density at radius 2 is 1.71 bits per heavy atom. The number of halogens is 1. The number of rotatable bonds is 5. The number of benzene rings is 2. The van der Waals surface area contributed by atoms with Crippen LogP contribution in [0.3, 0.4) is 0 Å². The van der Waals surface area contributed by atoms with E-state index in [4.69, 9.17) is 12.2 Å². The predicted molar refractivity (Wildman–Crippen MR) is 101 cm³/mol. The molecular formula is C19H22FN3S. The highest BCUT2D eigenvalue weighted by Crippen LogP contribution is 2.24. The number of likely N-dealkylation sites (tertiary alicyclic amines) is 1. The molecule has 1 atom stereocenters. The number of nitrogens with zero attached hydrogens (tertiary/aromatic N) is 1. The maximum Gasteiger partial charge on any atom is 0.170 e. The minimum absolute atomic E-state index is 0.272. The van der Waals surface area contributed by atoms with Gasteiger partial charge in [0.15, 0.2) is 5.11 Å². The van der Waals surface area contributed by atoms with Crippen LogP contribution in [-0.2, 0) is 0 Å². The molecule has 0 aliphatic carbocycles. The summed E-state index contributed by atoms with van der Waals surface area (Å²) in [5.41, 5.74) is 1.67. The summed E-state index contributed by atoms with van der Waals surface area (Å²) in [7, 11) is 0. The third-order valence-corrected chi connectivity index (χ3v) is 4.59. The monoisotopic (exact) mass is 343 g/mol. The molecule has 1 saturated heterocycles. The summed E-state index contributed by atoms with van der Waals surface area (Å²) in [6, 6.07) is 17.3. The van der Waals surface area contributed by atoms with Gasteiger partial charge in [0, 0.05) is 6.54 Å². The minimum atomic E-state index is -0.305. The van der Waals surface area contributed by atoms with Crippen LogP contribution in [0.5, 0.6) is 0 Å². The quantitative estimate of drug-likeness (QED) is 0.804. The maximum atomic E-state index is 13.7. The molecule has 2 N–H and O–H groups in total. The Bertz CT molecular complexity index is 671. The molecule has 0 saturated carbocycles. The van der Waals surface area contributed by atoms with Gasteiger partial charge in [-0.05, 0) is 55.8 Å². The first-order chi connectivity index (χ1) is 11.7. The lowest BCUT2D eigenvalue weighted by Gasteiger charge is -2.28. The molecular weight excluding hydrogens is 321 g/mol. The van der Waals surface area contributed by atoms with Gasteiger partial charge in [-0.15, -0.1) is 0 Å². The topological polar surface area (TPSA) is 27.3 Å². The molecule has 0 radical (unpaired) electrons. The zero-order chi connectivity index (χ0) is 16.8. The Hall–Kier alpha value is -1.98. The molecule has 2 aromatic rings. The van der Waals surface area contributed by atoms with Crippen LogP contribution in [0, 0.1) is 5.82 Å². The van der Waals surface area contributed by atoms with Crippen molar-refractivity contribution in [3.05, 3.63) is 66.0 Å². The normalized spacial score (nSPS) is 15.9. The highest BCUT2D eigenvalue weighted by Gasteiger charge is 2.23. The number of nitrogens with one attached hydrogen (secondary N) is 2. The summed E-state index contributed by atoms with van der Waals surface area (Å²) in [6.45, 7) is 2.91. The molecule has 0 amide bonds. The molecule has 3 nitrogen and oxygen atoms in total. The van der Waals surface area contributed by atoms with Crippen molar-refractivity contribution in [2.45, 2.75) is 18.9 Å². The van der Waals surface area contributed by atoms with Crippen molar-refractivity contribution in [3.63, 3.8) is 0 Å². The second-order valence-electron chi connectivity index (χ2n) is 5.98. The van der Waals surface area contributed by atoms with Crippen molar-refractivity contribution in [2.24, 2.45) is 0 Å². The van der Waals surface area contributed by atoms with Crippen LogP contribution in [0.25, 0.3) is 0 Å². The number of hydrogen-bond acceptors (Lipinski definition) is 2. The van der Waals surface area contributed by atoms with E-state index in [2.05, 4.69) is 39.8 Å². The first-order valence-electron chi connectivity index (χ1n) is 8.32. The third-order valence-electron chi connectivity index (χ3n) is 4.34. The lowest BCUT2D eigenvalue weighted by atomic mass is 10.1. The van der Waals surface area contributed by atoms with Crippen molar-refractivity contribution >= 4 is 23.0 Å². The summed E-state index contributed by atoms with van der Waals surface area (Å²) in [4.78, 5) is 2.48. The Kier molecular flexibility index (Phi) is 5.77. The highest BCUT2D eigenvalue weighted by molar-refractivity contribution is 7.80. The van der Waals surface area contributed by atoms with Crippen molar-refractivity contribution in [1.29, 1.82) is 0 Å². The summed E-state index contributed by atoms with van der Waals surface area (Å²) in [6.07, 6.45) is 2.47. The van der Waals surface area contributed by atoms with E-state index in [0.717, 1.165) is 13.1 Å². The largest absolute Gasteiger partial charge is 0.361 e. The lowest BCUT2D eigenvalue weighted by Crippen LogP contribution is -2.38. The molecule has 0 spiro atoms. The molecule has 2 aromatic carbocycles. The first-order valence-corrected chi connectivity index (χ1v) is 8.73. The molecule has 5 heteroatoms. The van der Waals surface area contributed by atoms with Crippen LogP contribution in [0.1, 0.15) is 24.4 Å². The fraction of sp³-hybridized carbons (Fsp3) is 0.316. The molecule has 1 aliphatic rings. The highest BCUT2D eigenvalue weighted by atomic mass is 32.1. The fourth-order valence-electron chi connectivity index (χ4n) is 3.10. The van der Waals surface area contributed by atoms with E-state index in [-0.39, 0.29) is 11.9 Å². The maximum absolute atomic E-state index is 13.7. The molecule has 126 valence electrons. The Morgan fingerprint density at radius 3 is 2.42 bits per heavy atom. The predicted octanol–water partition coefficient (Wildman–Crippen LogP) is 3.95. The zero-order valence-corrected chi connectivity index (χ0v) is 14.4. The van der Waals surface area contributed by atoms with Gasteiger partial charge in [-0.1, -0.05) is 42.5 Å². The van der Waals surface area contributed by atoms with Crippen molar-refractivity contribution in [1.82, 2.24) is 10.2 Å². The number of para-hydroxylation sites is 1. The van der Waals surface area contributed by atoms with Gasteiger partial charge in [-0.25, -0.2) is 4.39 Å². The first kappa shape index (κ1) is 16.9. The second kappa shape index (κ2) is 8.22. The van der Waals surface area contributed by atoms with Crippen molar-refractivity contribution in [3.8, 4) is 0 Å². The molecule has 1 aliphatic heterocycles. The summed E-state index contributed by atoms with van der Waals surface area (Å²) in [5, 5.41) is 6.62. The zero-order valence-electron chi connectivity index (χ0n) is 13.5. The van der Waals surface area contributed by atoms with E-state index < -0.39 is 0 Å². The minimum Gasteiger partial charge on any atom is -0.361 e. The van der Waals surface area contributed by atoms with Crippen LogP contribution in [0.15, 0.2) is 54.6 Å². The molecule has 0 aromatic heterocycles. The lowest BCUT2D eigenvalue weighted by molar-refractivity contribution is 0.246. The van der Waals surface area contributed by atoms with Crippen LogP contribution in [0.4, 0.5) is 10.1 Å². The molecule has 0 unspecified atom stereocenters. The van der Waals surface area contributed by atoms with Gasteiger partial charge in [-0.2, -0.15) is 0 Å². The van der Waals surface area contributed by atoms with Crippen LogP contribution in [0.2, 0.25) is 0 Å². The van der Waals surface area contributed by atoms with E-state index in [9.17, 15) is 4.39 Å². The van der Waals surface area contributed by atoms with Gasteiger partial charge >= 0.3 is 0 Å². The standard InChI is InChI=1S/C19H22FN3S/c20-16-10-4-5-11-17(16)22-19(24)21-14-18(23-12-6-7-13-23)15-8-2-1-3-9-15/h1-5,8-11,18H,6-7,12-14H2,(H2,21,22,24)/t18-/m0/s1. The Balaban J connectivity index is 1.63. The Labute approximate surface area is 147 Å². The van der Waals surface area contributed by atoms with Gasteiger partial charge in [0.1, 0.15) is 5.82 Å². The smallest absolute Gasteiger partial charge is 0.170 e. The van der Waals surface area contributed by atoms with E-state index in [1.807, 2.05) is 6.07 Å². The van der Waals surface area contributed by atoms with Crippen LogP contribution >= 0.6 is 12.2 Å². The SMILES string of the molecule is Fc1ccccc1NC(=S)NC[C@@H](c1ccccc1)N1CCCC1. The number of hydrogen-bond donors (Lipinski definition) is 2. The molecule has 0 bridgehead atoms. The Morgan fingerprint density at radius 1 is 1.04 bits per heavy atom. The van der Waals surface area contributed by atoms with Gasteiger partial charge in [0.05, 0.1) is 11.7 Å². The van der Waals surface area contributed by atoms with Gasteiger partial charge < -0.3 is 10.6 Å². The summed E-state index contributed by atoms with van der Waals surface area (Å²) >= 11 is 5.33. The number of thiocarbonyl (C=S) groups is 1. The molecule has 1 fully saturated rings. The van der Waals surface area contributed by atoms with E-state index in [1.165, 1.54) is 24.5 Å². The average Bonchev–Trinajstić information content (AvgIpc) is 3.12. The van der Waals surface area contributed by atoms with Crippen LogP contribution < -0.4 is 10.6 Å².